The van der Waals surface area contributed by atoms with Crippen LogP contribution in [0, 0.1) is 13.0 Å². The SMILES string of the molecule is CC(=O)c1ccn(-c2c[c-]c(C)cn2)c(=O)c1.[Y]. The predicted molar refractivity (Wildman–Crippen MR) is 63.4 cm³/mol. The number of carbonyl (C=O) groups is 1. The molecule has 5 heteroatoms. The molecule has 0 saturated carbocycles. The third-order valence-electron chi connectivity index (χ3n) is 2.39. The Hall–Kier alpha value is -1.13. The fourth-order valence-electron chi connectivity index (χ4n) is 1.43. The number of ketones is 1. The van der Waals surface area contributed by atoms with Crippen LogP contribution < -0.4 is 5.56 Å². The van der Waals surface area contributed by atoms with Crippen LogP contribution >= 0.6 is 0 Å². The van der Waals surface area contributed by atoms with Gasteiger partial charge in [0.1, 0.15) is 0 Å². The van der Waals surface area contributed by atoms with Crippen molar-refractivity contribution in [3.8, 4) is 5.82 Å². The first kappa shape index (κ1) is 14.9. The average molecular weight is 316 g/mol. The van der Waals surface area contributed by atoms with Crippen molar-refractivity contribution in [3.05, 3.63) is 58.1 Å². The Bertz CT molecular complexity index is 618. The van der Waals surface area contributed by atoms with Crippen molar-refractivity contribution >= 4 is 5.78 Å². The Morgan fingerprint density at radius 2 is 2.17 bits per heavy atom. The summed E-state index contributed by atoms with van der Waals surface area (Å²) in [6, 6.07) is 7.53. The molecule has 2 rings (SSSR count). The molecule has 0 spiro atoms. The molecule has 0 atom stereocenters. The van der Waals surface area contributed by atoms with Gasteiger partial charge in [-0.25, -0.2) is 0 Å². The summed E-state index contributed by atoms with van der Waals surface area (Å²) in [7, 11) is 0. The molecule has 0 unspecified atom stereocenters. The average Bonchev–Trinajstić information content (AvgIpc) is 2.30. The van der Waals surface area contributed by atoms with Gasteiger partial charge in [-0.05, 0) is 13.0 Å². The molecule has 2 heterocycles. The summed E-state index contributed by atoms with van der Waals surface area (Å²) in [4.78, 5) is 27.0. The van der Waals surface area contributed by atoms with E-state index in [4.69, 9.17) is 0 Å². The van der Waals surface area contributed by atoms with Crippen molar-refractivity contribution in [2.75, 3.05) is 0 Å². The molecule has 4 nitrogen and oxygen atoms in total. The zero-order chi connectivity index (χ0) is 12.4. The molecule has 0 aliphatic heterocycles. The molecule has 18 heavy (non-hydrogen) atoms. The molecule has 0 fully saturated rings. The van der Waals surface area contributed by atoms with E-state index in [-0.39, 0.29) is 44.1 Å². The fraction of sp³-hybridized carbons (Fsp3) is 0.154. The topological polar surface area (TPSA) is 52.0 Å². The van der Waals surface area contributed by atoms with Gasteiger partial charge in [-0.1, -0.05) is 13.1 Å². The maximum absolute atomic E-state index is 11.8. The van der Waals surface area contributed by atoms with Crippen molar-refractivity contribution in [2.45, 2.75) is 13.8 Å². The summed E-state index contributed by atoms with van der Waals surface area (Å²) in [5, 5.41) is 0. The second kappa shape index (κ2) is 6.16. The number of aryl methyl sites for hydroxylation is 1. The van der Waals surface area contributed by atoms with Crippen molar-refractivity contribution in [2.24, 2.45) is 0 Å². The van der Waals surface area contributed by atoms with Gasteiger partial charge < -0.3 is 9.55 Å². The number of aromatic nitrogens is 2. The second-order valence-electron chi connectivity index (χ2n) is 3.77. The Morgan fingerprint density at radius 1 is 1.44 bits per heavy atom. The minimum absolute atomic E-state index is 0. The van der Waals surface area contributed by atoms with Gasteiger partial charge in [0.15, 0.2) is 5.78 Å². The molecule has 1 radical (unpaired) electrons. The molecule has 0 amide bonds. The maximum atomic E-state index is 11.8. The molecule has 0 saturated heterocycles. The molecule has 0 bridgehead atoms. The van der Waals surface area contributed by atoms with Gasteiger partial charge in [-0.15, -0.1) is 11.6 Å². The molecule has 0 aliphatic carbocycles. The number of carbonyl (C=O) groups excluding carboxylic acids is 1. The Labute approximate surface area is 130 Å². The number of hydrogen-bond acceptors (Lipinski definition) is 3. The monoisotopic (exact) mass is 316 g/mol. The zero-order valence-electron chi connectivity index (χ0n) is 10.2. The number of hydrogen-bond donors (Lipinski definition) is 0. The maximum Gasteiger partial charge on any atom is 0.245 e. The van der Waals surface area contributed by atoms with Gasteiger partial charge in [-0.3, -0.25) is 9.59 Å². The smallest absolute Gasteiger partial charge is 0.245 e. The first-order valence-electron chi connectivity index (χ1n) is 5.16. The number of rotatable bonds is 2. The third kappa shape index (κ3) is 3.21. The molecule has 0 aromatic carbocycles. The van der Waals surface area contributed by atoms with Gasteiger partial charge in [0, 0.05) is 56.4 Å². The van der Waals surface area contributed by atoms with E-state index in [1.54, 1.807) is 24.5 Å². The number of Topliss-reactive ketones (excluding diaryl/α,β-unsaturated/α-hetero) is 1. The Kier molecular flexibility index (Phi) is 5.11. The van der Waals surface area contributed by atoms with Gasteiger partial charge in [0.05, 0.1) is 0 Å². The summed E-state index contributed by atoms with van der Waals surface area (Å²) >= 11 is 0. The van der Waals surface area contributed by atoms with Crippen molar-refractivity contribution < 1.29 is 37.5 Å². The van der Waals surface area contributed by atoms with Crippen LogP contribution in [0.3, 0.4) is 0 Å². The van der Waals surface area contributed by atoms with E-state index in [0.29, 0.717) is 11.4 Å². The summed E-state index contributed by atoms with van der Waals surface area (Å²) in [5.74, 6) is 0.369. The van der Waals surface area contributed by atoms with E-state index < -0.39 is 0 Å². The van der Waals surface area contributed by atoms with Crippen LogP contribution in [0.1, 0.15) is 22.8 Å². The third-order valence-corrected chi connectivity index (χ3v) is 2.39. The van der Waals surface area contributed by atoms with E-state index in [9.17, 15) is 9.59 Å². The van der Waals surface area contributed by atoms with Crippen LogP contribution in [-0.2, 0) is 32.7 Å². The van der Waals surface area contributed by atoms with E-state index in [0.717, 1.165) is 5.56 Å². The first-order chi connectivity index (χ1) is 8.08. The van der Waals surface area contributed by atoms with E-state index in [1.165, 1.54) is 17.6 Å². The van der Waals surface area contributed by atoms with Crippen LogP contribution in [0.25, 0.3) is 5.82 Å². The van der Waals surface area contributed by atoms with Crippen molar-refractivity contribution in [1.29, 1.82) is 0 Å². The van der Waals surface area contributed by atoms with Gasteiger partial charge in [0.25, 0.3) is 0 Å². The summed E-state index contributed by atoms with van der Waals surface area (Å²) < 4.78 is 1.38. The molecule has 2 aromatic heterocycles. The first-order valence-corrected chi connectivity index (χ1v) is 5.16. The standard InChI is InChI=1S/C13H11N2O2.Y/c1-9-3-4-12(14-8-9)15-6-5-11(10(2)16)7-13(15)17;/h4-8H,1-2H3;/q-1;. The summed E-state index contributed by atoms with van der Waals surface area (Å²) in [6.07, 6.45) is 3.19. The molecule has 0 aliphatic rings. The van der Waals surface area contributed by atoms with E-state index in [1.807, 2.05) is 6.92 Å². The molecular weight excluding hydrogens is 305 g/mol. The molecule has 2 aromatic rings. The van der Waals surface area contributed by atoms with Crippen molar-refractivity contribution in [3.63, 3.8) is 0 Å². The van der Waals surface area contributed by atoms with Crippen LogP contribution in [0.15, 0.2) is 35.4 Å². The van der Waals surface area contributed by atoms with Gasteiger partial charge in [-0.2, -0.15) is 6.07 Å². The molecule has 0 N–H and O–H groups in total. The van der Waals surface area contributed by atoms with Crippen molar-refractivity contribution in [1.82, 2.24) is 9.55 Å². The number of pyridine rings is 2. The van der Waals surface area contributed by atoms with Crippen LogP contribution in [0.4, 0.5) is 0 Å². The summed E-state index contributed by atoms with van der Waals surface area (Å²) in [6.45, 7) is 3.30. The Morgan fingerprint density at radius 3 is 2.67 bits per heavy atom. The van der Waals surface area contributed by atoms with Crippen LogP contribution in [-0.4, -0.2) is 15.3 Å². The van der Waals surface area contributed by atoms with Gasteiger partial charge in [0.2, 0.25) is 5.56 Å². The Balaban J connectivity index is 0.00000162. The van der Waals surface area contributed by atoms with E-state index >= 15 is 0 Å². The van der Waals surface area contributed by atoms with Gasteiger partial charge >= 0.3 is 0 Å². The number of nitrogens with zero attached hydrogens (tertiary/aromatic N) is 2. The van der Waals surface area contributed by atoms with Crippen LogP contribution in [0.2, 0.25) is 0 Å². The minimum Gasteiger partial charge on any atom is -0.367 e. The van der Waals surface area contributed by atoms with E-state index in [2.05, 4.69) is 11.1 Å². The fourth-order valence-corrected chi connectivity index (χ4v) is 1.43. The zero-order valence-corrected chi connectivity index (χ0v) is 13.0. The second-order valence-corrected chi connectivity index (χ2v) is 3.77. The minimum atomic E-state index is -0.276. The summed E-state index contributed by atoms with van der Waals surface area (Å²) in [5.41, 5.74) is 1.03. The quantitative estimate of drug-likeness (QED) is 0.624. The van der Waals surface area contributed by atoms with Crippen LogP contribution in [0.5, 0.6) is 0 Å². The predicted octanol–water partition coefficient (Wildman–Crippen LogP) is 1.54. The molecular formula is C13H11N2O2Y-. The normalized spacial score (nSPS) is 9.67. The molecule has 89 valence electrons. The largest absolute Gasteiger partial charge is 0.367 e.